The van der Waals surface area contributed by atoms with Crippen molar-refractivity contribution in [3.8, 4) is 5.75 Å². The highest BCUT2D eigenvalue weighted by Crippen LogP contribution is 2.41. The number of nitrogens with zero attached hydrogens (tertiary/aromatic N) is 2. The number of hydrogen-bond donors (Lipinski definition) is 1. The van der Waals surface area contributed by atoms with Gasteiger partial charge in [-0.3, -0.25) is 19.5 Å². The molecule has 202 valence electrons. The van der Waals surface area contributed by atoms with Crippen LogP contribution in [0.15, 0.2) is 78.5 Å². The summed E-state index contributed by atoms with van der Waals surface area (Å²) in [4.78, 5) is 44.5. The molecule has 1 saturated heterocycles. The molecule has 0 aliphatic carbocycles. The van der Waals surface area contributed by atoms with Crippen LogP contribution in [0.3, 0.4) is 0 Å². The summed E-state index contributed by atoms with van der Waals surface area (Å²) in [6.07, 6.45) is 5.39. The number of ether oxygens (including phenoxy) is 2. The molecule has 8 heteroatoms. The van der Waals surface area contributed by atoms with Gasteiger partial charge in [-0.25, -0.2) is 4.79 Å². The Morgan fingerprint density at radius 2 is 1.62 bits per heavy atom. The third kappa shape index (κ3) is 6.17. The highest BCUT2D eigenvalue weighted by molar-refractivity contribution is 6.51. The van der Waals surface area contributed by atoms with Crippen LogP contribution in [-0.4, -0.2) is 41.0 Å². The predicted molar refractivity (Wildman–Crippen MR) is 147 cm³/mol. The van der Waals surface area contributed by atoms with Crippen LogP contribution in [0.4, 0.5) is 5.69 Å². The van der Waals surface area contributed by atoms with Gasteiger partial charge in [-0.05, 0) is 73.5 Å². The second kappa shape index (κ2) is 12.9. The first-order valence-electron chi connectivity index (χ1n) is 13.2. The number of aliphatic hydroxyl groups excluding tert-OH is 1. The first-order valence-corrected chi connectivity index (χ1v) is 13.2. The van der Waals surface area contributed by atoms with E-state index >= 15 is 0 Å². The quantitative estimate of drug-likeness (QED) is 0.109. The summed E-state index contributed by atoms with van der Waals surface area (Å²) in [7, 11) is 0. The van der Waals surface area contributed by atoms with Gasteiger partial charge in [0.1, 0.15) is 17.6 Å². The van der Waals surface area contributed by atoms with E-state index in [2.05, 4.69) is 11.9 Å². The summed E-state index contributed by atoms with van der Waals surface area (Å²) in [6.45, 7) is 4.93. The number of esters is 1. The van der Waals surface area contributed by atoms with Crippen LogP contribution >= 0.6 is 0 Å². The number of ketones is 1. The Morgan fingerprint density at radius 3 is 2.26 bits per heavy atom. The van der Waals surface area contributed by atoms with E-state index in [0.29, 0.717) is 47.9 Å². The zero-order chi connectivity index (χ0) is 27.8. The molecule has 0 saturated carbocycles. The second-order valence-electron chi connectivity index (χ2n) is 9.19. The third-order valence-electron chi connectivity index (χ3n) is 6.38. The molecule has 1 aliphatic rings. The first-order chi connectivity index (χ1) is 19.0. The van der Waals surface area contributed by atoms with Gasteiger partial charge in [-0.15, -0.1) is 0 Å². The molecular weight excluding hydrogens is 496 g/mol. The van der Waals surface area contributed by atoms with E-state index in [1.54, 1.807) is 72.9 Å². The fraction of sp³-hybridized carbons (Fsp3) is 0.290. The van der Waals surface area contributed by atoms with E-state index in [1.807, 2.05) is 6.92 Å². The molecule has 1 amide bonds. The highest BCUT2D eigenvalue weighted by Gasteiger charge is 2.47. The van der Waals surface area contributed by atoms with Gasteiger partial charge in [0.15, 0.2) is 0 Å². The molecule has 0 radical (unpaired) electrons. The molecule has 8 nitrogen and oxygen atoms in total. The number of benzene rings is 2. The molecule has 1 fully saturated rings. The van der Waals surface area contributed by atoms with Crippen LogP contribution < -0.4 is 9.64 Å². The SMILES string of the molecule is CCCCCOc1ccc(/C(O)=C2\C(=O)C(=O)N(c3ccc(C(=O)OCCC)cc3)C2c2ccccn2)cc1. The van der Waals surface area contributed by atoms with Crippen molar-refractivity contribution < 1.29 is 29.0 Å². The van der Waals surface area contributed by atoms with Crippen molar-refractivity contribution in [2.75, 3.05) is 18.1 Å². The molecule has 3 aromatic rings. The number of pyridine rings is 1. The van der Waals surface area contributed by atoms with Crippen molar-refractivity contribution in [1.29, 1.82) is 0 Å². The van der Waals surface area contributed by atoms with Crippen molar-refractivity contribution in [2.24, 2.45) is 0 Å². The van der Waals surface area contributed by atoms with Gasteiger partial charge in [-0.1, -0.05) is 32.8 Å². The second-order valence-corrected chi connectivity index (χ2v) is 9.19. The Balaban J connectivity index is 1.69. The summed E-state index contributed by atoms with van der Waals surface area (Å²) in [6, 6.07) is 17.2. The van der Waals surface area contributed by atoms with E-state index < -0.39 is 23.7 Å². The lowest BCUT2D eigenvalue weighted by atomic mass is 9.98. The maximum atomic E-state index is 13.3. The number of carbonyl (C=O) groups excluding carboxylic acids is 3. The average Bonchev–Trinajstić information content (AvgIpc) is 3.24. The van der Waals surface area contributed by atoms with Crippen molar-refractivity contribution in [1.82, 2.24) is 4.98 Å². The van der Waals surface area contributed by atoms with Gasteiger partial charge in [0.25, 0.3) is 11.7 Å². The van der Waals surface area contributed by atoms with Gasteiger partial charge < -0.3 is 14.6 Å². The summed E-state index contributed by atoms with van der Waals surface area (Å²) < 4.78 is 10.9. The monoisotopic (exact) mass is 528 g/mol. The van der Waals surface area contributed by atoms with Gasteiger partial charge >= 0.3 is 5.97 Å². The van der Waals surface area contributed by atoms with Crippen molar-refractivity contribution in [3.05, 3.63) is 95.3 Å². The predicted octanol–water partition coefficient (Wildman–Crippen LogP) is 5.84. The number of anilines is 1. The van der Waals surface area contributed by atoms with Crippen molar-refractivity contribution in [3.63, 3.8) is 0 Å². The van der Waals surface area contributed by atoms with Crippen LogP contribution in [0.5, 0.6) is 5.75 Å². The number of carbonyl (C=O) groups is 3. The minimum absolute atomic E-state index is 0.0678. The van der Waals surface area contributed by atoms with Gasteiger partial charge in [0, 0.05) is 17.4 Å². The standard InChI is InChI=1S/C31H32N2O6/c1-3-5-8-20-38-24-16-12-21(13-17-24)28(34)26-27(25-9-6-7-18-32-25)33(30(36)29(26)35)23-14-10-22(11-15-23)31(37)39-19-4-2/h6-7,9-18,27,34H,3-5,8,19-20H2,1-2H3/b28-26+. The number of aliphatic hydroxyl groups is 1. The first kappa shape index (κ1) is 27.6. The maximum Gasteiger partial charge on any atom is 0.338 e. The average molecular weight is 529 g/mol. The van der Waals surface area contributed by atoms with Crippen LogP contribution in [0.1, 0.15) is 67.2 Å². The zero-order valence-corrected chi connectivity index (χ0v) is 22.1. The Hall–Kier alpha value is -4.46. The molecular formula is C31H32N2O6. The lowest BCUT2D eigenvalue weighted by Gasteiger charge is -2.24. The molecule has 1 N–H and O–H groups in total. The van der Waals surface area contributed by atoms with E-state index in [4.69, 9.17) is 9.47 Å². The Kier molecular flexibility index (Phi) is 9.10. The molecule has 0 spiro atoms. The molecule has 0 bridgehead atoms. The molecule has 2 aromatic carbocycles. The topological polar surface area (TPSA) is 106 Å². The number of rotatable bonds is 11. The minimum Gasteiger partial charge on any atom is -0.507 e. The van der Waals surface area contributed by atoms with E-state index in [1.165, 1.54) is 4.90 Å². The highest BCUT2D eigenvalue weighted by atomic mass is 16.5. The summed E-state index contributed by atoms with van der Waals surface area (Å²) in [5.74, 6) is -1.74. The smallest absolute Gasteiger partial charge is 0.338 e. The van der Waals surface area contributed by atoms with Crippen LogP contribution in [0.2, 0.25) is 0 Å². The molecule has 1 aliphatic heterocycles. The molecule has 2 heterocycles. The maximum absolute atomic E-state index is 13.3. The fourth-order valence-electron chi connectivity index (χ4n) is 4.36. The van der Waals surface area contributed by atoms with Crippen LogP contribution in [-0.2, 0) is 14.3 Å². The normalized spacial score (nSPS) is 16.4. The van der Waals surface area contributed by atoms with Gasteiger partial charge in [0.2, 0.25) is 0 Å². The Labute approximate surface area is 227 Å². The zero-order valence-electron chi connectivity index (χ0n) is 22.1. The number of unbranched alkanes of at least 4 members (excludes halogenated alkanes) is 2. The Morgan fingerprint density at radius 1 is 0.897 bits per heavy atom. The summed E-state index contributed by atoms with van der Waals surface area (Å²) in [5.41, 5.74) is 1.44. The molecule has 1 aromatic heterocycles. The number of Topliss-reactive ketones (excluding diaryl/α,β-unsaturated/α-hetero) is 1. The minimum atomic E-state index is -0.964. The third-order valence-corrected chi connectivity index (χ3v) is 6.38. The molecule has 39 heavy (non-hydrogen) atoms. The van der Waals surface area contributed by atoms with E-state index in [-0.39, 0.29) is 11.3 Å². The van der Waals surface area contributed by atoms with Crippen LogP contribution in [0.25, 0.3) is 5.76 Å². The van der Waals surface area contributed by atoms with Crippen molar-refractivity contribution in [2.45, 2.75) is 45.6 Å². The Bertz CT molecular complexity index is 1330. The lowest BCUT2D eigenvalue weighted by Crippen LogP contribution is -2.29. The number of hydrogen-bond acceptors (Lipinski definition) is 7. The number of aromatic nitrogens is 1. The van der Waals surface area contributed by atoms with Gasteiger partial charge in [0.05, 0.1) is 30.0 Å². The van der Waals surface area contributed by atoms with Crippen LogP contribution in [0, 0.1) is 0 Å². The van der Waals surface area contributed by atoms with E-state index in [0.717, 1.165) is 19.3 Å². The lowest BCUT2D eigenvalue weighted by molar-refractivity contribution is -0.132. The van der Waals surface area contributed by atoms with E-state index in [9.17, 15) is 19.5 Å². The largest absolute Gasteiger partial charge is 0.507 e. The summed E-state index contributed by atoms with van der Waals surface area (Å²) in [5, 5.41) is 11.3. The fourth-order valence-corrected chi connectivity index (χ4v) is 4.36. The molecule has 1 atom stereocenters. The van der Waals surface area contributed by atoms with Gasteiger partial charge in [-0.2, -0.15) is 0 Å². The molecule has 4 rings (SSSR count). The summed E-state index contributed by atoms with van der Waals surface area (Å²) >= 11 is 0. The van der Waals surface area contributed by atoms with Crippen molar-refractivity contribution >= 4 is 29.1 Å². The molecule has 1 unspecified atom stereocenters. The number of amides is 1.